The number of ketones is 1. The summed E-state index contributed by atoms with van der Waals surface area (Å²) in [4.78, 5) is 27.0. The van der Waals surface area contributed by atoms with Crippen molar-refractivity contribution in [3.63, 3.8) is 0 Å². The van der Waals surface area contributed by atoms with Gasteiger partial charge in [0.05, 0.1) is 36.6 Å². The van der Waals surface area contributed by atoms with E-state index in [-0.39, 0.29) is 27.7 Å². The Morgan fingerprint density at radius 3 is 2.55 bits per heavy atom. The second-order valence-corrected chi connectivity index (χ2v) is 6.96. The molecule has 29 heavy (non-hydrogen) atoms. The van der Waals surface area contributed by atoms with Gasteiger partial charge in [-0.2, -0.15) is 0 Å². The van der Waals surface area contributed by atoms with Gasteiger partial charge in [0.1, 0.15) is 29.1 Å². The fraction of sp³-hybridized carbons (Fsp3) is 0.333. The van der Waals surface area contributed by atoms with Gasteiger partial charge in [-0.25, -0.2) is 0 Å². The first-order chi connectivity index (χ1) is 13.9. The minimum Gasteiger partial charge on any atom is -0.507 e. The summed E-state index contributed by atoms with van der Waals surface area (Å²) >= 11 is 6.21. The SMILES string of the molecule is CCCCN1C(=O)C(=O)/C(=C(\O)c2cc(Cl)c(OC)cc2OC)C1c1ccco1. The Labute approximate surface area is 173 Å². The van der Waals surface area contributed by atoms with E-state index in [4.69, 9.17) is 25.5 Å². The number of furan rings is 1. The molecule has 1 unspecified atom stereocenters. The van der Waals surface area contributed by atoms with Gasteiger partial charge >= 0.3 is 0 Å². The molecule has 0 radical (unpaired) electrons. The van der Waals surface area contributed by atoms with Crippen LogP contribution in [-0.2, 0) is 9.59 Å². The molecule has 0 saturated carbocycles. The van der Waals surface area contributed by atoms with Crippen LogP contribution in [0.2, 0.25) is 5.02 Å². The van der Waals surface area contributed by atoms with Crippen molar-refractivity contribution in [1.29, 1.82) is 0 Å². The Bertz CT molecular complexity index is 950. The third-order valence-electron chi connectivity index (χ3n) is 4.83. The van der Waals surface area contributed by atoms with Gasteiger partial charge in [0.25, 0.3) is 11.7 Å². The number of hydrogen-bond acceptors (Lipinski definition) is 6. The van der Waals surface area contributed by atoms with Crippen LogP contribution in [0.5, 0.6) is 11.5 Å². The van der Waals surface area contributed by atoms with Crippen molar-refractivity contribution in [2.45, 2.75) is 25.8 Å². The second-order valence-electron chi connectivity index (χ2n) is 6.55. The summed E-state index contributed by atoms with van der Waals surface area (Å²) in [5.41, 5.74) is 0.115. The predicted octanol–water partition coefficient (Wildman–Crippen LogP) is 4.17. The number of halogens is 1. The number of hydrogen-bond donors (Lipinski definition) is 1. The number of benzene rings is 1. The number of aliphatic hydroxyl groups excluding tert-OH is 1. The molecule has 8 heteroatoms. The van der Waals surface area contributed by atoms with Crippen molar-refractivity contribution in [1.82, 2.24) is 4.90 Å². The Morgan fingerprint density at radius 1 is 1.24 bits per heavy atom. The first-order valence-electron chi connectivity index (χ1n) is 9.18. The molecule has 7 nitrogen and oxygen atoms in total. The van der Waals surface area contributed by atoms with Gasteiger partial charge in [-0.05, 0) is 24.6 Å². The maximum absolute atomic E-state index is 12.9. The average molecular weight is 420 g/mol. The van der Waals surface area contributed by atoms with Crippen LogP contribution in [0.3, 0.4) is 0 Å². The maximum Gasteiger partial charge on any atom is 0.295 e. The third-order valence-corrected chi connectivity index (χ3v) is 5.13. The molecule has 1 aliphatic rings. The lowest BCUT2D eigenvalue weighted by Gasteiger charge is -2.23. The topological polar surface area (TPSA) is 89.2 Å². The van der Waals surface area contributed by atoms with Crippen molar-refractivity contribution in [2.75, 3.05) is 20.8 Å². The van der Waals surface area contributed by atoms with E-state index < -0.39 is 17.7 Å². The maximum atomic E-state index is 12.9. The van der Waals surface area contributed by atoms with Crippen LogP contribution < -0.4 is 9.47 Å². The summed E-state index contributed by atoms with van der Waals surface area (Å²) in [5, 5.41) is 11.3. The number of Topliss-reactive ketones (excluding diaryl/α,β-unsaturated/α-hetero) is 1. The van der Waals surface area contributed by atoms with E-state index in [0.717, 1.165) is 6.42 Å². The Morgan fingerprint density at radius 2 is 1.97 bits per heavy atom. The predicted molar refractivity (Wildman–Crippen MR) is 107 cm³/mol. The van der Waals surface area contributed by atoms with Crippen LogP contribution in [0, 0.1) is 0 Å². The number of ether oxygens (including phenoxy) is 2. The lowest BCUT2D eigenvalue weighted by Crippen LogP contribution is -2.30. The second kappa shape index (κ2) is 8.61. The molecule has 1 N–H and O–H groups in total. The minimum absolute atomic E-state index is 0.0689. The van der Waals surface area contributed by atoms with Crippen molar-refractivity contribution >= 4 is 29.1 Å². The van der Waals surface area contributed by atoms with E-state index in [1.54, 1.807) is 12.1 Å². The van der Waals surface area contributed by atoms with E-state index in [1.807, 2.05) is 6.92 Å². The van der Waals surface area contributed by atoms with Crippen LogP contribution in [0.25, 0.3) is 5.76 Å². The molecule has 0 aliphatic carbocycles. The van der Waals surface area contributed by atoms with Gasteiger partial charge in [-0.15, -0.1) is 0 Å². The molecule has 2 heterocycles. The average Bonchev–Trinajstić information content (AvgIpc) is 3.33. The number of nitrogens with zero attached hydrogens (tertiary/aromatic N) is 1. The lowest BCUT2D eigenvalue weighted by atomic mass is 9.98. The van der Waals surface area contributed by atoms with Crippen molar-refractivity contribution in [3.8, 4) is 11.5 Å². The lowest BCUT2D eigenvalue weighted by molar-refractivity contribution is -0.140. The Balaban J connectivity index is 2.20. The summed E-state index contributed by atoms with van der Waals surface area (Å²) in [5.74, 6) is -0.854. The highest BCUT2D eigenvalue weighted by molar-refractivity contribution is 6.46. The summed E-state index contributed by atoms with van der Waals surface area (Å²) in [7, 11) is 2.87. The number of unbranched alkanes of at least 4 members (excludes halogenated alkanes) is 1. The van der Waals surface area contributed by atoms with E-state index in [9.17, 15) is 14.7 Å². The van der Waals surface area contributed by atoms with Gasteiger partial charge < -0.3 is 23.9 Å². The molecule has 1 aromatic carbocycles. The number of methoxy groups -OCH3 is 2. The largest absolute Gasteiger partial charge is 0.507 e. The molecule has 3 rings (SSSR count). The standard InChI is InChI=1S/C21H22ClNO6/c1-4-5-8-23-18(14-7-6-9-29-14)17(20(25)21(23)26)19(24)12-10-13(22)16(28-3)11-15(12)27-2/h6-7,9-11,18,24H,4-5,8H2,1-3H3/b19-17-. The van der Waals surface area contributed by atoms with E-state index in [2.05, 4.69) is 0 Å². The molecule has 0 bridgehead atoms. The molecule has 1 fully saturated rings. The van der Waals surface area contributed by atoms with Gasteiger partial charge in [0.2, 0.25) is 0 Å². The van der Waals surface area contributed by atoms with Crippen LogP contribution >= 0.6 is 11.6 Å². The summed E-state index contributed by atoms with van der Waals surface area (Å²) in [6.45, 7) is 2.35. The number of carbonyl (C=O) groups is 2. The summed E-state index contributed by atoms with van der Waals surface area (Å²) < 4.78 is 16.0. The van der Waals surface area contributed by atoms with Crippen LogP contribution in [0.4, 0.5) is 0 Å². The monoisotopic (exact) mass is 419 g/mol. The fourth-order valence-corrected chi connectivity index (χ4v) is 3.61. The summed E-state index contributed by atoms with van der Waals surface area (Å²) in [6, 6.07) is 5.45. The highest BCUT2D eigenvalue weighted by Gasteiger charge is 2.47. The molecule has 1 amide bonds. The zero-order valence-corrected chi connectivity index (χ0v) is 17.2. The van der Waals surface area contributed by atoms with E-state index in [0.29, 0.717) is 24.5 Å². The Kier molecular flexibility index (Phi) is 6.17. The van der Waals surface area contributed by atoms with E-state index in [1.165, 1.54) is 37.5 Å². The molecule has 1 atom stereocenters. The number of aliphatic hydroxyl groups is 1. The van der Waals surface area contributed by atoms with Crippen LogP contribution in [-0.4, -0.2) is 42.5 Å². The first kappa shape index (κ1) is 20.8. The quantitative estimate of drug-likeness (QED) is 0.411. The number of carbonyl (C=O) groups excluding carboxylic acids is 2. The highest BCUT2D eigenvalue weighted by Crippen LogP contribution is 2.43. The molecule has 154 valence electrons. The molecule has 1 aromatic heterocycles. The smallest absolute Gasteiger partial charge is 0.295 e. The van der Waals surface area contributed by atoms with E-state index >= 15 is 0 Å². The summed E-state index contributed by atoms with van der Waals surface area (Å²) in [6.07, 6.45) is 3.01. The van der Waals surface area contributed by atoms with Gasteiger partial charge in [0, 0.05) is 12.6 Å². The highest BCUT2D eigenvalue weighted by atomic mass is 35.5. The molecular weight excluding hydrogens is 398 g/mol. The number of likely N-dealkylation sites (tertiary alicyclic amines) is 1. The molecule has 1 aliphatic heterocycles. The molecule has 2 aromatic rings. The zero-order valence-electron chi connectivity index (χ0n) is 16.4. The number of amides is 1. The van der Waals surface area contributed by atoms with Crippen molar-refractivity contribution in [3.05, 3.63) is 52.4 Å². The molecule has 1 saturated heterocycles. The third kappa shape index (κ3) is 3.70. The first-order valence-corrected chi connectivity index (χ1v) is 9.56. The van der Waals surface area contributed by atoms with Crippen LogP contribution in [0.15, 0.2) is 40.5 Å². The van der Waals surface area contributed by atoms with Gasteiger partial charge in [-0.3, -0.25) is 9.59 Å². The molecular formula is C21H22ClNO6. The number of rotatable bonds is 7. The van der Waals surface area contributed by atoms with Gasteiger partial charge in [0.15, 0.2) is 0 Å². The fourth-order valence-electron chi connectivity index (χ4n) is 3.37. The Hall–Kier alpha value is -2.93. The van der Waals surface area contributed by atoms with Crippen molar-refractivity contribution in [2.24, 2.45) is 0 Å². The minimum atomic E-state index is -0.831. The van der Waals surface area contributed by atoms with Gasteiger partial charge in [-0.1, -0.05) is 24.9 Å². The molecule has 0 spiro atoms. The van der Waals surface area contributed by atoms with Crippen molar-refractivity contribution < 1.29 is 28.6 Å². The van der Waals surface area contributed by atoms with Crippen LogP contribution in [0.1, 0.15) is 37.1 Å². The zero-order chi connectivity index (χ0) is 21.1. The normalized spacial score (nSPS) is 18.3.